The van der Waals surface area contributed by atoms with Crippen LogP contribution in [0, 0.1) is 0 Å². The van der Waals surface area contributed by atoms with E-state index in [4.69, 9.17) is 0 Å². The van der Waals surface area contributed by atoms with Crippen LogP contribution in [0.2, 0.25) is 0 Å². The highest BCUT2D eigenvalue weighted by atomic mass is 15.3. The summed E-state index contributed by atoms with van der Waals surface area (Å²) in [6, 6.07) is 11.0. The summed E-state index contributed by atoms with van der Waals surface area (Å²) in [5, 5.41) is 0. The molecule has 0 aliphatic carbocycles. The summed E-state index contributed by atoms with van der Waals surface area (Å²) in [6.45, 7) is 3.43. The maximum absolute atomic E-state index is 2.51. The molecule has 0 radical (unpaired) electrons. The first-order valence-electron chi connectivity index (χ1n) is 14.0. The summed E-state index contributed by atoms with van der Waals surface area (Å²) in [5.41, 5.74) is 3.09. The van der Waals surface area contributed by atoms with Crippen molar-refractivity contribution in [1.82, 2.24) is 0 Å². The van der Waals surface area contributed by atoms with Crippen molar-refractivity contribution in [2.45, 2.75) is 122 Å². The quantitative estimate of drug-likeness (QED) is 0.101. The van der Waals surface area contributed by atoms with Crippen molar-refractivity contribution < 1.29 is 4.48 Å². The second-order valence-electron chi connectivity index (χ2n) is 11.1. The molecule has 0 N–H and O–H groups in total. The van der Waals surface area contributed by atoms with E-state index in [0.717, 1.165) is 17.4 Å². The van der Waals surface area contributed by atoms with Crippen LogP contribution < -0.4 is 0 Å². The van der Waals surface area contributed by atoms with Crippen molar-refractivity contribution in [3.05, 3.63) is 47.5 Å². The Morgan fingerprint density at radius 2 is 1.06 bits per heavy atom. The number of allylic oxidation sites excluding steroid dienone is 1. The second kappa shape index (κ2) is 19.4. The molecule has 0 amide bonds. The number of hydrogen-bond donors (Lipinski definition) is 0. The van der Waals surface area contributed by atoms with Gasteiger partial charge in [-0.3, -0.25) is 0 Å². The molecule has 0 bridgehead atoms. The van der Waals surface area contributed by atoms with Crippen LogP contribution in [0.5, 0.6) is 0 Å². The molecule has 0 heterocycles. The normalized spacial score (nSPS) is 12.4. The highest BCUT2D eigenvalue weighted by Crippen LogP contribution is 2.18. The molecule has 32 heavy (non-hydrogen) atoms. The molecule has 0 saturated heterocycles. The third-order valence-corrected chi connectivity index (χ3v) is 6.55. The molecule has 0 unspecified atom stereocenters. The van der Waals surface area contributed by atoms with E-state index in [0.29, 0.717) is 0 Å². The van der Waals surface area contributed by atoms with Crippen molar-refractivity contribution >= 4 is 0 Å². The van der Waals surface area contributed by atoms with Crippen LogP contribution in [0.25, 0.3) is 0 Å². The summed E-state index contributed by atoms with van der Waals surface area (Å²) in [7, 11) is 6.85. The summed E-state index contributed by atoms with van der Waals surface area (Å²) in [5.74, 6) is 0. The van der Waals surface area contributed by atoms with Crippen LogP contribution in [0.1, 0.15) is 122 Å². The fourth-order valence-electron chi connectivity index (χ4n) is 4.42. The Morgan fingerprint density at radius 1 is 0.625 bits per heavy atom. The lowest BCUT2D eigenvalue weighted by Crippen LogP contribution is -2.34. The minimum Gasteiger partial charge on any atom is -0.328 e. The smallest absolute Gasteiger partial charge is 0.0970 e. The Labute approximate surface area is 202 Å². The van der Waals surface area contributed by atoms with Gasteiger partial charge in [0, 0.05) is 0 Å². The molecule has 1 aromatic rings. The van der Waals surface area contributed by atoms with Crippen molar-refractivity contribution in [2.24, 2.45) is 0 Å². The zero-order valence-corrected chi connectivity index (χ0v) is 22.3. The van der Waals surface area contributed by atoms with E-state index in [1.54, 1.807) is 5.57 Å². The van der Waals surface area contributed by atoms with Gasteiger partial charge in [0.15, 0.2) is 0 Å². The van der Waals surface area contributed by atoms with Gasteiger partial charge in [0.1, 0.15) is 0 Å². The molecule has 0 fully saturated rings. The van der Waals surface area contributed by atoms with Gasteiger partial charge in [-0.15, -0.1) is 0 Å². The molecule has 0 saturated carbocycles. The maximum Gasteiger partial charge on any atom is 0.0970 e. The van der Waals surface area contributed by atoms with Gasteiger partial charge in [-0.1, -0.05) is 139 Å². The molecule has 0 atom stereocenters. The van der Waals surface area contributed by atoms with E-state index in [1.807, 2.05) is 0 Å². The van der Waals surface area contributed by atoms with Crippen LogP contribution in [-0.2, 0) is 6.42 Å². The average Bonchev–Trinajstić information content (AvgIpc) is 2.77. The molecular formula is C31H56N+. The number of likely N-dealkylation sites (N-methyl/N-ethyl adjacent to an activating group) is 1. The van der Waals surface area contributed by atoms with Crippen LogP contribution in [0.15, 0.2) is 42.0 Å². The molecule has 1 nitrogen and oxygen atoms in total. The Bertz CT molecular complexity index is 552. The number of benzene rings is 1. The van der Waals surface area contributed by atoms with Gasteiger partial charge in [0.05, 0.1) is 27.7 Å². The fraction of sp³-hybridized carbons (Fsp3) is 0.742. The first-order chi connectivity index (χ1) is 15.5. The van der Waals surface area contributed by atoms with Gasteiger partial charge in [-0.2, -0.15) is 0 Å². The third-order valence-electron chi connectivity index (χ3n) is 6.55. The summed E-state index contributed by atoms with van der Waals surface area (Å²) < 4.78 is 1.01. The molecule has 0 aliphatic heterocycles. The first kappa shape index (κ1) is 29.0. The number of unbranched alkanes of at least 4 members (excludes halogenated alkanes) is 15. The van der Waals surface area contributed by atoms with E-state index in [2.05, 4.69) is 64.5 Å². The molecular weight excluding hydrogens is 386 g/mol. The zero-order chi connectivity index (χ0) is 23.3. The molecule has 0 aromatic heterocycles. The van der Waals surface area contributed by atoms with E-state index >= 15 is 0 Å². The Morgan fingerprint density at radius 3 is 1.50 bits per heavy atom. The van der Waals surface area contributed by atoms with E-state index in [9.17, 15) is 0 Å². The highest BCUT2D eigenvalue weighted by molar-refractivity contribution is 5.21. The SMILES string of the molecule is CCCCCCCCCCCCCCCCCCC(=CC[N+](C)(C)C)Cc1ccccc1. The average molecular weight is 443 g/mol. The van der Waals surface area contributed by atoms with E-state index in [1.165, 1.54) is 115 Å². The molecule has 0 spiro atoms. The zero-order valence-electron chi connectivity index (χ0n) is 22.3. The summed E-state index contributed by atoms with van der Waals surface area (Å²) in [6.07, 6.45) is 28.0. The fourth-order valence-corrected chi connectivity index (χ4v) is 4.42. The van der Waals surface area contributed by atoms with E-state index in [-0.39, 0.29) is 0 Å². The summed E-state index contributed by atoms with van der Waals surface area (Å²) >= 11 is 0. The molecule has 184 valence electrons. The first-order valence-corrected chi connectivity index (χ1v) is 14.0. The number of rotatable bonds is 21. The van der Waals surface area contributed by atoms with Crippen molar-refractivity contribution in [3.8, 4) is 0 Å². The molecule has 0 aliphatic rings. The van der Waals surface area contributed by atoms with Gasteiger partial charge in [0.25, 0.3) is 0 Å². The topological polar surface area (TPSA) is 0 Å². The maximum atomic E-state index is 2.51. The number of nitrogens with zero attached hydrogens (tertiary/aromatic N) is 1. The number of hydrogen-bond acceptors (Lipinski definition) is 0. The van der Waals surface area contributed by atoms with E-state index < -0.39 is 0 Å². The molecule has 1 aromatic carbocycles. The van der Waals surface area contributed by atoms with Crippen molar-refractivity contribution in [1.29, 1.82) is 0 Å². The Kier molecular flexibility index (Phi) is 17.5. The van der Waals surface area contributed by atoms with Crippen LogP contribution in [-0.4, -0.2) is 32.2 Å². The minimum absolute atomic E-state index is 1.01. The predicted molar refractivity (Wildman–Crippen MR) is 145 cm³/mol. The van der Waals surface area contributed by atoms with Crippen molar-refractivity contribution in [2.75, 3.05) is 27.7 Å². The standard InChI is InChI=1S/C31H56N/c1-5-6-7-8-9-10-11-12-13-14-15-16-17-18-19-21-26-31(27-28-32(2,3)4)29-30-24-22-20-23-25-30/h20,22-25,27H,5-19,21,26,28-29H2,1-4H3/q+1. The van der Waals surface area contributed by atoms with Gasteiger partial charge >= 0.3 is 0 Å². The monoisotopic (exact) mass is 442 g/mol. The highest BCUT2D eigenvalue weighted by Gasteiger charge is 2.07. The third kappa shape index (κ3) is 18.5. The predicted octanol–water partition coefficient (Wildman–Crippen LogP) is 9.51. The largest absolute Gasteiger partial charge is 0.328 e. The molecule has 1 heteroatoms. The lowest BCUT2D eigenvalue weighted by molar-refractivity contribution is -0.864. The Balaban J connectivity index is 2.03. The summed E-state index contributed by atoms with van der Waals surface area (Å²) in [4.78, 5) is 0. The van der Waals surface area contributed by atoms with Crippen LogP contribution >= 0.6 is 0 Å². The lowest BCUT2D eigenvalue weighted by Gasteiger charge is -2.22. The van der Waals surface area contributed by atoms with Gasteiger partial charge < -0.3 is 4.48 Å². The van der Waals surface area contributed by atoms with Crippen LogP contribution in [0.3, 0.4) is 0 Å². The van der Waals surface area contributed by atoms with Crippen molar-refractivity contribution in [3.63, 3.8) is 0 Å². The lowest BCUT2D eigenvalue weighted by atomic mass is 9.98. The van der Waals surface area contributed by atoms with Gasteiger partial charge in [0.2, 0.25) is 0 Å². The number of quaternary nitrogens is 1. The van der Waals surface area contributed by atoms with Gasteiger partial charge in [-0.25, -0.2) is 0 Å². The van der Waals surface area contributed by atoms with Crippen LogP contribution in [0.4, 0.5) is 0 Å². The Hall–Kier alpha value is -1.08. The second-order valence-corrected chi connectivity index (χ2v) is 11.1. The minimum atomic E-state index is 1.01. The molecule has 1 rings (SSSR count). The van der Waals surface area contributed by atoms with Gasteiger partial charge in [-0.05, 0) is 30.9 Å².